The van der Waals surface area contributed by atoms with Crippen LogP contribution in [0.25, 0.3) is 0 Å². The highest BCUT2D eigenvalue weighted by Gasteiger charge is 2.30. The van der Waals surface area contributed by atoms with E-state index in [1.165, 1.54) is 49.8 Å². The van der Waals surface area contributed by atoms with Crippen LogP contribution in [0.15, 0.2) is 36.5 Å². The molecule has 1 aliphatic heterocycles. The Kier molecular flexibility index (Phi) is 5.34. The number of halogens is 3. The van der Waals surface area contributed by atoms with Gasteiger partial charge in [0.05, 0.1) is 11.6 Å². The number of hydrogen-bond donors (Lipinski definition) is 3. The largest absolute Gasteiger partial charge is 0.416 e. The van der Waals surface area contributed by atoms with Crippen molar-refractivity contribution >= 4 is 17.5 Å². The standard InChI is InChI=1S/C21H23F3N4O/c22-21(23,24)15-6-8-16(9-7-15)27-20(29)28-18-12-26-19-17(18)10-14(11-25-19)13-4-2-1-3-5-13/h6-11,13,18H,1-5,12H2,(H,25,26)(H2,27,28,29). The van der Waals surface area contributed by atoms with Gasteiger partial charge in [-0.1, -0.05) is 19.3 Å². The van der Waals surface area contributed by atoms with E-state index in [0.717, 1.165) is 23.5 Å². The molecule has 2 aromatic rings. The number of benzene rings is 1. The molecular formula is C21H23F3N4O. The van der Waals surface area contributed by atoms with Crippen LogP contribution < -0.4 is 16.0 Å². The summed E-state index contributed by atoms with van der Waals surface area (Å²) in [5, 5.41) is 8.67. The van der Waals surface area contributed by atoms with Crippen molar-refractivity contribution in [3.63, 3.8) is 0 Å². The van der Waals surface area contributed by atoms with Crippen molar-refractivity contribution in [1.82, 2.24) is 10.3 Å². The molecule has 0 radical (unpaired) electrons. The van der Waals surface area contributed by atoms with E-state index in [9.17, 15) is 18.0 Å². The molecule has 0 spiro atoms. The zero-order valence-corrected chi connectivity index (χ0v) is 15.9. The van der Waals surface area contributed by atoms with Crippen LogP contribution in [0.2, 0.25) is 0 Å². The van der Waals surface area contributed by atoms with Crippen LogP contribution >= 0.6 is 0 Å². The molecule has 1 fully saturated rings. The highest BCUT2D eigenvalue weighted by molar-refractivity contribution is 5.89. The Morgan fingerprint density at radius 1 is 1.10 bits per heavy atom. The average Bonchev–Trinajstić information content (AvgIpc) is 3.10. The molecule has 1 atom stereocenters. The Morgan fingerprint density at radius 2 is 1.83 bits per heavy atom. The average molecular weight is 404 g/mol. The smallest absolute Gasteiger partial charge is 0.367 e. The predicted octanol–water partition coefficient (Wildman–Crippen LogP) is 5.44. The second-order valence-electron chi connectivity index (χ2n) is 7.65. The van der Waals surface area contributed by atoms with Crippen LogP contribution in [-0.4, -0.2) is 17.6 Å². The van der Waals surface area contributed by atoms with Gasteiger partial charge in [-0.25, -0.2) is 9.78 Å². The molecule has 1 aromatic carbocycles. The third-order valence-corrected chi connectivity index (χ3v) is 5.64. The van der Waals surface area contributed by atoms with Gasteiger partial charge in [-0.3, -0.25) is 0 Å². The minimum Gasteiger partial charge on any atom is -0.367 e. The highest BCUT2D eigenvalue weighted by Crippen LogP contribution is 2.36. The van der Waals surface area contributed by atoms with Crippen molar-refractivity contribution < 1.29 is 18.0 Å². The number of pyridine rings is 1. The second kappa shape index (κ2) is 7.93. The summed E-state index contributed by atoms with van der Waals surface area (Å²) in [6, 6.07) is 5.80. The molecule has 1 aromatic heterocycles. The first kappa shape index (κ1) is 19.5. The first-order valence-corrected chi connectivity index (χ1v) is 9.88. The van der Waals surface area contributed by atoms with Crippen LogP contribution in [0.1, 0.15) is 60.8 Å². The summed E-state index contributed by atoms with van der Waals surface area (Å²) >= 11 is 0. The molecule has 3 N–H and O–H groups in total. The van der Waals surface area contributed by atoms with E-state index in [-0.39, 0.29) is 6.04 Å². The Hall–Kier alpha value is -2.77. The van der Waals surface area contributed by atoms with E-state index < -0.39 is 17.8 Å². The van der Waals surface area contributed by atoms with Crippen LogP contribution in [0.3, 0.4) is 0 Å². The maximum absolute atomic E-state index is 12.6. The van der Waals surface area contributed by atoms with Gasteiger partial charge in [-0.05, 0) is 54.7 Å². The van der Waals surface area contributed by atoms with E-state index >= 15 is 0 Å². The zero-order valence-electron chi connectivity index (χ0n) is 15.9. The van der Waals surface area contributed by atoms with Crippen molar-refractivity contribution in [3.05, 3.63) is 53.2 Å². The van der Waals surface area contributed by atoms with E-state index in [1.807, 2.05) is 6.20 Å². The van der Waals surface area contributed by atoms with E-state index in [0.29, 0.717) is 18.2 Å². The number of urea groups is 1. The number of carbonyl (C=O) groups is 1. The van der Waals surface area contributed by atoms with Gasteiger partial charge in [0.2, 0.25) is 0 Å². The van der Waals surface area contributed by atoms with Crippen molar-refractivity contribution in [1.29, 1.82) is 0 Å². The van der Waals surface area contributed by atoms with Gasteiger partial charge < -0.3 is 16.0 Å². The van der Waals surface area contributed by atoms with Gasteiger partial charge in [0.1, 0.15) is 5.82 Å². The minimum atomic E-state index is -4.40. The number of hydrogen-bond acceptors (Lipinski definition) is 3. The maximum atomic E-state index is 12.6. The predicted molar refractivity (Wildman–Crippen MR) is 105 cm³/mol. The molecule has 154 valence electrons. The van der Waals surface area contributed by atoms with Crippen LogP contribution in [-0.2, 0) is 6.18 Å². The quantitative estimate of drug-likeness (QED) is 0.639. The Bertz CT molecular complexity index is 876. The molecule has 8 heteroatoms. The third-order valence-electron chi connectivity index (χ3n) is 5.64. The number of rotatable bonds is 3. The van der Waals surface area contributed by atoms with E-state index in [2.05, 4.69) is 27.0 Å². The fraction of sp³-hybridized carbons (Fsp3) is 0.429. The molecule has 29 heavy (non-hydrogen) atoms. The zero-order chi connectivity index (χ0) is 20.4. The van der Waals surface area contributed by atoms with Crippen LogP contribution in [0.5, 0.6) is 0 Å². The lowest BCUT2D eigenvalue weighted by atomic mass is 9.84. The topological polar surface area (TPSA) is 66.1 Å². The third kappa shape index (κ3) is 4.46. The minimum absolute atomic E-state index is 0.240. The molecule has 2 heterocycles. The lowest BCUT2D eigenvalue weighted by Gasteiger charge is -2.22. The van der Waals surface area contributed by atoms with Crippen molar-refractivity contribution in [2.45, 2.75) is 50.2 Å². The van der Waals surface area contributed by atoms with E-state index in [1.54, 1.807) is 0 Å². The number of carbonyl (C=O) groups excluding carboxylic acids is 1. The Morgan fingerprint density at radius 3 is 2.52 bits per heavy atom. The van der Waals surface area contributed by atoms with Crippen molar-refractivity contribution in [2.24, 2.45) is 0 Å². The second-order valence-corrected chi connectivity index (χ2v) is 7.65. The first-order chi connectivity index (χ1) is 13.9. The normalized spacial score (nSPS) is 19.3. The lowest BCUT2D eigenvalue weighted by molar-refractivity contribution is -0.137. The summed E-state index contributed by atoms with van der Waals surface area (Å²) < 4.78 is 37.9. The number of alkyl halides is 3. The molecule has 1 saturated carbocycles. The number of amides is 2. The summed E-state index contributed by atoms with van der Waals surface area (Å²) in [5.74, 6) is 1.29. The number of nitrogens with one attached hydrogen (secondary N) is 3. The van der Waals surface area contributed by atoms with Gasteiger partial charge in [0.15, 0.2) is 0 Å². The molecule has 2 aliphatic rings. The molecule has 1 aliphatic carbocycles. The maximum Gasteiger partial charge on any atom is 0.416 e. The molecule has 2 amide bonds. The molecule has 0 saturated heterocycles. The Labute approximate surface area is 167 Å². The monoisotopic (exact) mass is 404 g/mol. The van der Waals surface area contributed by atoms with Gasteiger partial charge in [0, 0.05) is 24.0 Å². The number of nitrogens with zero attached hydrogens (tertiary/aromatic N) is 1. The highest BCUT2D eigenvalue weighted by atomic mass is 19.4. The van der Waals surface area contributed by atoms with Gasteiger partial charge in [-0.15, -0.1) is 0 Å². The number of aromatic nitrogens is 1. The molecule has 0 bridgehead atoms. The summed E-state index contributed by atoms with van der Waals surface area (Å²) in [4.78, 5) is 16.9. The lowest BCUT2D eigenvalue weighted by Crippen LogP contribution is -2.33. The van der Waals surface area contributed by atoms with Gasteiger partial charge in [-0.2, -0.15) is 13.2 Å². The fourth-order valence-electron chi connectivity index (χ4n) is 4.08. The summed E-state index contributed by atoms with van der Waals surface area (Å²) in [6.07, 6.45) is 3.61. The van der Waals surface area contributed by atoms with Gasteiger partial charge in [0.25, 0.3) is 0 Å². The van der Waals surface area contributed by atoms with Crippen molar-refractivity contribution in [3.8, 4) is 0 Å². The first-order valence-electron chi connectivity index (χ1n) is 9.88. The van der Waals surface area contributed by atoms with Crippen LogP contribution in [0.4, 0.5) is 29.5 Å². The number of anilines is 2. The molecule has 4 rings (SSSR count). The van der Waals surface area contributed by atoms with Crippen molar-refractivity contribution in [2.75, 3.05) is 17.2 Å². The molecule has 5 nitrogen and oxygen atoms in total. The summed E-state index contributed by atoms with van der Waals surface area (Å²) in [5.41, 5.74) is 1.71. The molecular weight excluding hydrogens is 381 g/mol. The van der Waals surface area contributed by atoms with Gasteiger partial charge >= 0.3 is 12.2 Å². The number of fused-ring (bicyclic) bond motifs is 1. The molecule has 1 unspecified atom stereocenters. The SMILES string of the molecule is O=C(Nc1ccc(C(F)(F)F)cc1)NC1CNc2ncc(C3CCCCC3)cc21. The Balaban J connectivity index is 1.41. The van der Waals surface area contributed by atoms with Crippen LogP contribution in [0, 0.1) is 0 Å². The fourth-order valence-corrected chi connectivity index (χ4v) is 4.08. The summed E-state index contributed by atoms with van der Waals surface area (Å²) in [7, 11) is 0. The summed E-state index contributed by atoms with van der Waals surface area (Å²) in [6.45, 7) is 0.525. The van der Waals surface area contributed by atoms with E-state index in [4.69, 9.17) is 0 Å².